The number of hydrogen-bond acceptors (Lipinski definition) is 3. The molecule has 1 aliphatic heterocycles. The minimum Gasteiger partial charge on any atom is -0.385 e. The molecule has 2 atom stereocenters. The van der Waals surface area contributed by atoms with Gasteiger partial charge in [0.05, 0.1) is 5.60 Å². The third-order valence-electron chi connectivity index (χ3n) is 7.18. The standard InChI is InChI=1S/C26H35ClN2O/c27-25-11-6-10-24(21-25)26(30)14-5-4-9-23(26)13-16-29-19-17-28(18-20-29)15-12-22-7-2-1-3-8-22/h1-3,6-8,10-11,21,23,30H,4-5,9,12-20H2. The van der Waals surface area contributed by atoms with Crippen molar-refractivity contribution in [3.8, 4) is 0 Å². The minimum atomic E-state index is -0.722. The number of nitrogens with zero attached hydrogens (tertiary/aromatic N) is 2. The molecule has 1 heterocycles. The molecule has 2 aromatic carbocycles. The predicted molar refractivity (Wildman–Crippen MR) is 125 cm³/mol. The summed E-state index contributed by atoms with van der Waals surface area (Å²) in [4.78, 5) is 5.18. The summed E-state index contributed by atoms with van der Waals surface area (Å²) in [7, 11) is 0. The Labute approximate surface area is 186 Å². The number of halogens is 1. The lowest BCUT2D eigenvalue weighted by atomic mass is 9.70. The van der Waals surface area contributed by atoms with E-state index >= 15 is 0 Å². The van der Waals surface area contributed by atoms with Gasteiger partial charge in [-0.1, -0.05) is 66.9 Å². The molecule has 2 aromatic rings. The van der Waals surface area contributed by atoms with Gasteiger partial charge in [-0.3, -0.25) is 0 Å². The molecule has 1 N–H and O–H groups in total. The molecule has 0 aromatic heterocycles. The lowest BCUT2D eigenvalue weighted by Crippen LogP contribution is -2.48. The second kappa shape index (κ2) is 10.3. The molecule has 0 spiro atoms. The van der Waals surface area contributed by atoms with Crippen LogP contribution >= 0.6 is 11.6 Å². The Balaban J connectivity index is 1.26. The molecule has 2 unspecified atom stereocenters. The zero-order valence-electron chi connectivity index (χ0n) is 18.0. The van der Waals surface area contributed by atoms with Crippen LogP contribution < -0.4 is 0 Å². The fraction of sp³-hybridized carbons (Fsp3) is 0.538. The monoisotopic (exact) mass is 426 g/mol. The van der Waals surface area contributed by atoms with Crippen LogP contribution in [0.25, 0.3) is 0 Å². The van der Waals surface area contributed by atoms with Gasteiger partial charge in [-0.05, 0) is 61.4 Å². The van der Waals surface area contributed by atoms with Crippen LogP contribution in [0.15, 0.2) is 54.6 Å². The Morgan fingerprint density at radius 1 is 0.900 bits per heavy atom. The highest BCUT2D eigenvalue weighted by Gasteiger charge is 2.40. The van der Waals surface area contributed by atoms with Crippen LogP contribution in [0.2, 0.25) is 5.02 Å². The van der Waals surface area contributed by atoms with Crippen molar-refractivity contribution in [1.29, 1.82) is 0 Å². The molecule has 3 nitrogen and oxygen atoms in total. The van der Waals surface area contributed by atoms with Crippen molar-refractivity contribution in [2.75, 3.05) is 39.3 Å². The Kier molecular flexibility index (Phi) is 7.48. The summed E-state index contributed by atoms with van der Waals surface area (Å²) in [5.74, 6) is 0.320. The van der Waals surface area contributed by atoms with Gasteiger partial charge >= 0.3 is 0 Å². The highest BCUT2D eigenvalue weighted by atomic mass is 35.5. The SMILES string of the molecule is OC1(c2cccc(Cl)c2)CCCCC1CCN1CCN(CCc2ccccc2)CC1. The zero-order chi connectivity index (χ0) is 20.8. The molecule has 0 radical (unpaired) electrons. The van der Waals surface area contributed by atoms with Gasteiger partial charge in [0, 0.05) is 37.7 Å². The fourth-order valence-corrected chi connectivity index (χ4v) is 5.45. The molecule has 4 heteroatoms. The van der Waals surface area contributed by atoms with Crippen molar-refractivity contribution in [3.05, 3.63) is 70.7 Å². The van der Waals surface area contributed by atoms with Gasteiger partial charge < -0.3 is 14.9 Å². The molecule has 2 fully saturated rings. The van der Waals surface area contributed by atoms with E-state index in [9.17, 15) is 5.11 Å². The quantitative estimate of drug-likeness (QED) is 0.677. The smallest absolute Gasteiger partial charge is 0.0925 e. The average molecular weight is 427 g/mol. The summed E-state index contributed by atoms with van der Waals surface area (Å²) in [5.41, 5.74) is 1.71. The van der Waals surface area contributed by atoms with Crippen LogP contribution in [0.1, 0.15) is 43.2 Å². The molecular weight excluding hydrogens is 392 g/mol. The number of aliphatic hydroxyl groups is 1. The number of benzene rings is 2. The van der Waals surface area contributed by atoms with Gasteiger partial charge in [0.25, 0.3) is 0 Å². The second-order valence-corrected chi connectivity index (χ2v) is 9.52. The van der Waals surface area contributed by atoms with Crippen LogP contribution in [-0.2, 0) is 12.0 Å². The van der Waals surface area contributed by atoms with E-state index in [0.717, 1.165) is 82.0 Å². The first-order chi connectivity index (χ1) is 14.6. The first-order valence-electron chi connectivity index (χ1n) is 11.6. The summed E-state index contributed by atoms with van der Waals surface area (Å²) in [6.07, 6.45) is 6.48. The maximum Gasteiger partial charge on any atom is 0.0925 e. The van der Waals surface area contributed by atoms with Crippen LogP contribution in [0.4, 0.5) is 0 Å². The Morgan fingerprint density at radius 2 is 1.63 bits per heavy atom. The van der Waals surface area contributed by atoms with Crippen LogP contribution in [0.3, 0.4) is 0 Å². The highest BCUT2D eigenvalue weighted by molar-refractivity contribution is 6.30. The van der Waals surface area contributed by atoms with Crippen molar-refractivity contribution in [2.24, 2.45) is 5.92 Å². The van der Waals surface area contributed by atoms with E-state index in [1.807, 2.05) is 18.2 Å². The Morgan fingerprint density at radius 3 is 2.37 bits per heavy atom. The topological polar surface area (TPSA) is 26.7 Å². The lowest BCUT2D eigenvalue weighted by molar-refractivity contribution is -0.0609. The zero-order valence-corrected chi connectivity index (χ0v) is 18.7. The predicted octanol–water partition coefficient (Wildman–Crippen LogP) is 4.97. The van der Waals surface area contributed by atoms with E-state index in [2.05, 4.69) is 46.2 Å². The van der Waals surface area contributed by atoms with Crippen LogP contribution in [-0.4, -0.2) is 54.2 Å². The van der Waals surface area contributed by atoms with Crippen LogP contribution in [0, 0.1) is 5.92 Å². The van der Waals surface area contributed by atoms with E-state index in [1.54, 1.807) is 0 Å². The number of piperazine rings is 1. The summed E-state index contributed by atoms with van der Waals surface area (Å²) in [6.45, 7) is 6.80. The van der Waals surface area contributed by atoms with Gasteiger partial charge in [-0.25, -0.2) is 0 Å². The molecular formula is C26H35ClN2O. The number of hydrogen-bond donors (Lipinski definition) is 1. The Hall–Kier alpha value is -1.39. The summed E-state index contributed by atoms with van der Waals surface area (Å²) >= 11 is 6.23. The molecule has 1 aliphatic carbocycles. The average Bonchev–Trinajstić information content (AvgIpc) is 2.78. The third kappa shape index (κ3) is 5.45. The summed E-state index contributed by atoms with van der Waals surface area (Å²) in [6, 6.07) is 18.7. The van der Waals surface area contributed by atoms with Gasteiger partial charge in [0.2, 0.25) is 0 Å². The normalized spacial score (nSPS) is 26.0. The van der Waals surface area contributed by atoms with Crippen LogP contribution in [0.5, 0.6) is 0 Å². The van der Waals surface area contributed by atoms with Gasteiger partial charge in [-0.2, -0.15) is 0 Å². The molecule has 0 bridgehead atoms. The minimum absolute atomic E-state index is 0.320. The summed E-state index contributed by atoms with van der Waals surface area (Å²) in [5, 5.41) is 12.3. The first-order valence-corrected chi connectivity index (χ1v) is 12.0. The van der Waals surface area contributed by atoms with E-state index < -0.39 is 5.60 Å². The van der Waals surface area contributed by atoms with Gasteiger partial charge in [0.1, 0.15) is 0 Å². The lowest BCUT2D eigenvalue weighted by Gasteiger charge is -2.42. The van der Waals surface area contributed by atoms with E-state index in [4.69, 9.17) is 11.6 Å². The van der Waals surface area contributed by atoms with Crippen molar-refractivity contribution in [1.82, 2.24) is 9.80 Å². The highest BCUT2D eigenvalue weighted by Crippen LogP contribution is 2.44. The van der Waals surface area contributed by atoms with Gasteiger partial charge in [0.15, 0.2) is 0 Å². The Bertz CT molecular complexity index is 791. The second-order valence-electron chi connectivity index (χ2n) is 9.08. The molecule has 4 rings (SSSR count). The molecule has 30 heavy (non-hydrogen) atoms. The molecule has 1 saturated heterocycles. The maximum absolute atomic E-state index is 11.6. The van der Waals surface area contributed by atoms with Gasteiger partial charge in [-0.15, -0.1) is 0 Å². The molecule has 2 aliphatic rings. The maximum atomic E-state index is 11.6. The molecule has 1 saturated carbocycles. The van der Waals surface area contributed by atoms with E-state index in [0.29, 0.717) is 5.92 Å². The van der Waals surface area contributed by atoms with Crippen molar-refractivity contribution < 1.29 is 5.11 Å². The number of rotatable bonds is 7. The van der Waals surface area contributed by atoms with E-state index in [1.165, 1.54) is 12.0 Å². The van der Waals surface area contributed by atoms with Crippen molar-refractivity contribution >= 4 is 11.6 Å². The van der Waals surface area contributed by atoms with Crippen molar-refractivity contribution in [3.63, 3.8) is 0 Å². The first kappa shape index (κ1) is 21.8. The summed E-state index contributed by atoms with van der Waals surface area (Å²) < 4.78 is 0. The fourth-order valence-electron chi connectivity index (χ4n) is 5.26. The van der Waals surface area contributed by atoms with Crippen molar-refractivity contribution in [2.45, 2.75) is 44.1 Å². The largest absolute Gasteiger partial charge is 0.385 e. The molecule has 162 valence electrons. The third-order valence-corrected chi connectivity index (χ3v) is 7.41. The molecule has 0 amide bonds. The van der Waals surface area contributed by atoms with E-state index in [-0.39, 0.29) is 0 Å².